The Balaban J connectivity index is 1.73. The topological polar surface area (TPSA) is 39.7 Å². The third kappa shape index (κ3) is 5.52. The number of ether oxygens (including phenoxy) is 3. The molecule has 1 atom stereocenters. The van der Waals surface area contributed by atoms with E-state index >= 15 is 0 Å². The second kappa shape index (κ2) is 9.99. The number of benzene rings is 2. The second-order valence-electron chi connectivity index (χ2n) is 6.35. The molecular weight excluding hydrogens is 453 g/mol. The van der Waals surface area contributed by atoms with Crippen molar-refractivity contribution in [3.63, 3.8) is 0 Å². The molecule has 1 fully saturated rings. The molecule has 0 bridgehead atoms. The van der Waals surface area contributed by atoms with E-state index in [4.69, 9.17) is 37.4 Å². The Hall–Kier alpha value is -0.980. The maximum absolute atomic E-state index is 6.27. The minimum Gasteiger partial charge on any atom is -0.493 e. The maximum atomic E-state index is 6.27. The van der Waals surface area contributed by atoms with E-state index in [0.29, 0.717) is 34.7 Å². The van der Waals surface area contributed by atoms with E-state index < -0.39 is 0 Å². The van der Waals surface area contributed by atoms with E-state index in [1.807, 2.05) is 18.2 Å². The van der Waals surface area contributed by atoms with Crippen molar-refractivity contribution in [1.82, 2.24) is 5.32 Å². The summed E-state index contributed by atoms with van der Waals surface area (Å²) >= 11 is 15.9. The van der Waals surface area contributed by atoms with Crippen molar-refractivity contribution in [3.05, 3.63) is 56.0 Å². The van der Waals surface area contributed by atoms with Crippen LogP contribution in [0.2, 0.25) is 10.0 Å². The molecule has 0 saturated carbocycles. The minimum absolute atomic E-state index is 0.284. The molecule has 1 saturated heterocycles. The van der Waals surface area contributed by atoms with Gasteiger partial charge in [-0.1, -0.05) is 45.2 Å². The van der Waals surface area contributed by atoms with Gasteiger partial charge in [0.2, 0.25) is 0 Å². The van der Waals surface area contributed by atoms with Crippen LogP contribution < -0.4 is 14.8 Å². The van der Waals surface area contributed by atoms with Crippen LogP contribution in [0.3, 0.4) is 0 Å². The van der Waals surface area contributed by atoms with E-state index in [1.54, 1.807) is 19.2 Å². The first-order valence-corrected chi connectivity index (χ1v) is 10.4. The molecular formula is C20H22BrCl2NO3. The van der Waals surface area contributed by atoms with Gasteiger partial charge in [0, 0.05) is 45.3 Å². The van der Waals surface area contributed by atoms with Crippen molar-refractivity contribution in [2.45, 2.75) is 32.1 Å². The molecule has 4 nitrogen and oxygen atoms in total. The van der Waals surface area contributed by atoms with E-state index in [-0.39, 0.29) is 6.10 Å². The van der Waals surface area contributed by atoms with Crippen molar-refractivity contribution in [3.8, 4) is 11.5 Å². The van der Waals surface area contributed by atoms with Crippen molar-refractivity contribution in [2.24, 2.45) is 0 Å². The first-order chi connectivity index (χ1) is 13.1. The van der Waals surface area contributed by atoms with Crippen molar-refractivity contribution in [2.75, 3.05) is 20.3 Å². The molecule has 0 radical (unpaired) electrons. The number of hydrogen-bond acceptors (Lipinski definition) is 4. The Kier molecular flexibility index (Phi) is 7.67. The molecule has 0 aromatic heterocycles. The molecule has 146 valence electrons. The molecule has 2 aromatic carbocycles. The fourth-order valence-corrected chi connectivity index (χ4v) is 3.93. The van der Waals surface area contributed by atoms with Gasteiger partial charge in [-0.05, 0) is 37.1 Å². The van der Waals surface area contributed by atoms with Crippen LogP contribution in [0.15, 0.2) is 34.8 Å². The highest BCUT2D eigenvalue weighted by molar-refractivity contribution is 9.10. The van der Waals surface area contributed by atoms with Crippen LogP contribution in [0.25, 0.3) is 0 Å². The van der Waals surface area contributed by atoms with Gasteiger partial charge in [0.15, 0.2) is 11.5 Å². The zero-order valence-electron chi connectivity index (χ0n) is 15.1. The number of rotatable bonds is 8. The molecule has 27 heavy (non-hydrogen) atoms. The molecule has 7 heteroatoms. The summed E-state index contributed by atoms with van der Waals surface area (Å²) in [4.78, 5) is 0. The first-order valence-electron chi connectivity index (χ1n) is 8.83. The highest BCUT2D eigenvalue weighted by Gasteiger charge is 2.18. The average molecular weight is 475 g/mol. The lowest BCUT2D eigenvalue weighted by Crippen LogP contribution is -2.26. The summed E-state index contributed by atoms with van der Waals surface area (Å²) < 4.78 is 18.2. The zero-order valence-corrected chi connectivity index (χ0v) is 18.2. The van der Waals surface area contributed by atoms with Crippen molar-refractivity contribution in [1.29, 1.82) is 0 Å². The van der Waals surface area contributed by atoms with Gasteiger partial charge in [0.1, 0.15) is 6.61 Å². The molecule has 3 rings (SSSR count). The Morgan fingerprint density at radius 1 is 1.26 bits per heavy atom. The van der Waals surface area contributed by atoms with Crippen LogP contribution in [0.4, 0.5) is 0 Å². The molecule has 1 unspecified atom stereocenters. The molecule has 1 heterocycles. The van der Waals surface area contributed by atoms with Crippen LogP contribution in [0, 0.1) is 0 Å². The average Bonchev–Trinajstić information content (AvgIpc) is 3.16. The van der Waals surface area contributed by atoms with E-state index in [0.717, 1.165) is 41.6 Å². The summed E-state index contributed by atoms with van der Waals surface area (Å²) in [5.41, 5.74) is 1.86. The van der Waals surface area contributed by atoms with Crippen LogP contribution in [-0.2, 0) is 17.9 Å². The summed E-state index contributed by atoms with van der Waals surface area (Å²) in [5, 5.41) is 4.64. The van der Waals surface area contributed by atoms with E-state index in [9.17, 15) is 0 Å². The summed E-state index contributed by atoms with van der Waals surface area (Å²) in [7, 11) is 1.63. The smallest absolute Gasteiger partial charge is 0.167 e. The lowest BCUT2D eigenvalue weighted by Gasteiger charge is -2.18. The fraction of sp³-hybridized carbons (Fsp3) is 0.400. The fourth-order valence-electron chi connectivity index (χ4n) is 3.02. The second-order valence-corrected chi connectivity index (χ2v) is 8.05. The summed E-state index contributed by atoms with van der Waals surface area (Å²) in [5.74, 6) is 1.37. The lowest BCUT2D eigenvalue weighted by molar-refractivity contribution is 0.110. The van der Waals surface area contributed by atoms with Gasteiger partial charge >= 0.3 is 0 Å². The van der Waals surface area contributed by atoms with Crippen LogP contribution in [-0.4, -0.2) is 26.4 Å². The Bertz CT molecular complexity index is 782. The first kappa shape index (κ1) is 20.7. The predicted octanol–water partition coefficient (Wildman–Crippen LogP) is 5.61. The monoisotopic (exact) mass is 473 g/mol. The highest BCUT2D eigenvalue weighted by atomic mass is 79.9. The maximum Gasteiger partial charge on any atom is 0.167 e. The number of nitrogens with one attached hydrogen (secondary N) is 1. The normalized spacial score (nSPS) is 16.5. The minimum atomic E-state index is 0.284. The van der Waals surface area contributed by atoms with Gasteiger partial charge in [-0.15, -0.1) is 0 Å². The zero-order chi connectivity index (χ0) is 19.2. The SMILES string of the molecule is COc1ccc(Br)c(CNCC2CCCO2)c1OCc1ccc(Cl)cc1Cl. The predicted molar refractivity (Wildman–Crippen MR) is 112 cm³/mol. The summed E-state index contributed by atoms with van der Waals surface area (Å²) in [6.07, 6.45) is 2.52. The third-order valence-electron chi connectivity index (χ3n) is 4.47. The molecule has 1 N–H and O–H groups in total. The van der Waals surface area contributed by atoms with Gasteiger partial charge in [-0.25, -0.2) is 0 Å². The summed E-state index contributed by atoms with van der Waals surface area (Å²) in [6, 6.07) is 9.22. The van der Waals surface area contributed by atoms with E-state index in [2.05, 4.69) is 21.2 Å². The summed E-state index contributed by atoms with van der Waals surface area (Å²) in [6.45, 7) is 2.63. The molecule has 0 spiro atoms. The number of methoxy groups -OCH3 is 1. The van der Waals surface area contributed by atoms with Gasteiger partial charge < -0.3 is 19.5 Å². The highest BCUT2D eigenvalue weighted by Crippen LogP contribution is 2.37. The molecule has 2 aromatic rings. The van der Waals surface area contributed by atoms with Gasteiger partial charge in [-0.2, -0.15) is 0 Å². The quantitative estimate of drug-likeness (QED) is 0.539. The molecule has 0 aliphatic carbocycles. The Morgan fingerprint density at radius 2 is 2.11 bits per heavy atom. The molecule has 1 aliphatic rings. The van der Waals surface area contributed by atoms with Gasteiger partial charge in [-0.3, -0.25) is 0 Å². The molecule has 1 aliphatic heterocycles. The molecule has 0 amide bonds. The van der Waals surface area contributed by atoms with Gasteiger partial charge in [0.05, 0.1) is 13.2 Å². The van der Waals surface area contributed by atoms with Gasteiger partial charge in [0.25, 0.3) is 0 Å². The van der Waals surface area contributed by atoms with E-state index in [1.165, 1.54) is 0 Å². The van der Waals surface area contributed by atoms with Crippen molar-refractivity contribution < 1.29 is 14.2 Å². The van der Waals surface area contributed by atoms with Crippen molar-refractivity contribution >= 4 is 39.1 Å². The van der Waals surface area contributed by atoms with Crippen LogP contribution in [0.1, 0.15) is 24.0 Å². The largest absolute Gasteiger partial charge is 0.493 e. The third-order valence-corrected chi connectivity index (χ3v) is 5.80. The lowest BCUT2D eigenvalue weighted by atomic mass is 10.1. The number of hydrogen-bond donors (Lipinski definition) is 1. The Labute approximate surface area is 178 Å². The number of halogens is 3. The van der Waals surface area contributed by atoms with Crippen LogP contribution in [0.5, 0.6) is 11.5 Å². The Morgan fingerprint density at radius 3 is 2.81 bits per heavy atom. The van der Waals surface area contributed by atoms with Crippen LogP contribution >= 0.6 is 39.1 Å². The standard InChI is InChI=1S/C20H22BrCl2NO3/c1-25-19-7-6-17(21)16(11-24-10-15-3-2-8-26-15)20(19)27-12-13-4-5-14(22)9-18(13)23/h4-7,9,15,24H,2-3,8,10-12H2,1H3.